The molecule has 0 aliphatic rings. The molecule has 1 aromatic heterocycles. The third kappa shape index (κ3) is 4.84. The Morgan fingerprint density at radius 1 is 1.07 bits per heavy atom. The fourth-order valence-corrected chi connectivity index (χ4v) is 2.77. The molecule has 138 valence electrons. The van der Waals surface area contributed by atoms with Crippen LogP contribution in [0.15, 0.2) is 55.1 Å². The first kappa shape index (κ1) is 18.9. The summed E-state index contributed by atoms with van der Waals surface area (Å²) in [6.45, 7) is 0.187. The van der Waals surface area contributed by atoms with Crippen LogP contribution in [-0.4, -0.2) is 33.1 Å². The molecule has 0 bridgehead atoms. The number of nitrogens with zero attached hydrogens (tertiary/aromatic N) is 3. The maximum atomic E-state index is 12.2. The number of anilines is 1. The zero-order valence-electron chi connectivity index (χ0n) is 14.0. The van der Waals surface area contributed by atoms with Crippen LogP contribution in [0.25, 0.3) is 5.69 Å². The number of carbonyl (C=O) groups is 2. The van der Waals surface area contributed by atoms with Gasteiger partial charge in [0, 0.05) is 23.6 Å². The van der Waals surface area contributed by atoms with E-state index in [4.69, 9.17) is 23.2 Å². The summed E-state index contributed by atoms with van der Waals surface area (Å²) in [4.78, 5) is 28.2. The van der Waals surface area contributed by atoms with Crippen molar-refractivity contribution in [2.45, 2.75) is 6.42 Å². The lowest BCUT2D eigenvalue weighted by atomic mass is 10.2. The molecule has 7 nitrogen and oxygen atoms in total. The Bertz CT molecular complexity index is 943. The van der Waals surface area contributed by atoms with Gasteiger partial charge in [0.05, 0.1) is 10.7 Å². The SMILES string of the molecule is O=C(CCNC(=O)c1ccc(Cl)cc1)Nc1cccc(Cl)c1-n1cncn1. The number of carbonyl (C=O) groups excluding carboxylic acids is 2. The number of para-hydroxylation sites is 1. The Labute approximate surface area is 165 Å². The van der Waals surface area contributed by atoms with Gasteiger partial charge in [0.15, 0.2) is 0 Å². The standard InChI is InChI=1S/C18H15Cl2N5O2/c19-13-6-4-12(5-7-13)18(27)22-9-8-16(26)24-15-3-1-2-14(20)17(15)25-11-21-10-23-25/h1-7,10-11H,8-9H2,(H,22,27)(H,24,26). The van der Waals surface area contributed by atoms with Gasteiger partial charge in [0.2, 0.25) is 5.91 Å². The summed E-state index contributed by atoms with van der Waals surface area (Å²) < 4.78 is 1.47. The van der Waals surface area contributed by atoms with Crippen LogP contribution < -0.4 is 10.6 Å². The highest BCUT2D eigenvalue weighted by Gasteiger charge is 2.13. The lowest BCUT2D eigenvalue weighted by Gasteiger charge is -2.12. The number of benzene rings is 2. The lowest BCUT2D eigenvalue weighted by molar-refractivity contribution is -0.116. The zero-order chi connectivity index (χ0) is 19.2. The highest BCUT2D eigenvalue weighted by molar-refractivity contribution is 6.33. The van der Waals surface area contributed by atoms with Crippen LogP contribution in [0, 0.1) is 0 Å². The minimum atomic E-state index is -0.273. The first-order valence-electron chi connectivity index (χ1n) is 8.02. The predicted molar refractivity (Wildman–Crippen MR) is 103 cm³/mol. The summed E-state index contributed by atoms with van der Waals surface area (Å²) in [6, 6.07) is 11.6. The molecule has 0 unspecified atom stereocenters. The molecule has 0 fully saturated rings. The van der Waals surface area contributed by atoms with E-state index in [1.54, 1.807) is 42.5 Å². The summed E-state index contributed by atoms with van der Waals surface area (Å²) in [7, 11) is 0. The topological polar surface area (TPSA) is 88.9 Å². The lowest BCUT2D eigenvalue weighted by Crippen LogP contribution is -2.27. The van der Waals surface area contributed by atoms with Crippen LogP contribution >= 0.6 is 23.2 Å². The molecule has 0 radical (unpaired) electrons. The summed E-state index contributed by atoms with van der Waals surface area (Å²) in [5, 5.41) is 10.5. The van der Waals surface area contributed by atoms with Crippen molar-refractivity contribution in [3.63, 3.8) is 0 Å². The molecule has 0 aliphatic heterocycles. The molecular formula is C18H15Cl2N5O2. The van der Waals surface area contributed by atoms with Crippen molar-refractivity contribution in [1.29, 1.82) is 0 Å². The van der Waals surface area contributed by atoms with Crippen molar-refractivity contribution in [3.05, 3.63) is 70.7 Å². The third-order valence-electron chi connectivity index (χ3n) is 3.65. The van der Waals surface area contributed by atoms with Crippen LogP contribution in [0.1, 0.15) is 16.8 Å². The zero-order valence-corrected chi connectivity index (χ0v) is 15.5. The van der Waals surface area contributed by atoms with Gasteiger partial charge >= 0.3 is 0 Å². The molecule has 27 heavy (non-hydrogen) atoms. The van der Waals surface area contributed by atoms with Gasteiger partial charge < -0.3 is 10.6 Å². The van der Waals surface area contributed by atoms with Crippen LogP contribution in [0.5, 0.6) is 0 Å². The average molecular weight is 404 g/mol. The van der Waals surface area contributed by atoms with Gasteiger partial charge in [-0.1, -0.05) is 29.3 Å². The van der Waals surface area contributed by atoms with Gasteiger partial charge in [-0.3, -0.25) is 9.59 Å². The number of hydrogen-bond donors (Lipinski definition) is 2. The Hall–Kier alpha value is -2.90. The number of rotatable bonds is 6. The van der Waals surface area contributed by atoms with Crippen molar-refractivity contribution >= 4 is 40.7 Å². The van der Waals surface area contributed by atoms with Crippen molar-refractivity contribution in [2.75, 3.05) is 11.9 Å². The van der Waals surface area contributed by atoms with Crippen LogP contribution in [0.2, 0.25) is 10.0 Å². The summed E-state index contributed by atoms with van der Waals surface area (Å²) in [6.07, 6.45) is 2.97. The van der Waals surface area contributed by atoms with Crippen molar-refractivity contribution < 1.29 is 9.59 Å². The minimum absolute atomic E-state index is 0.0998. The smallest absolute Gasteiger partial charge is 0.251 e. The number of halogens is 2. The van der Waals surface area contributed by atoms with Crippen LogP contribution in [0.3, 0.4) is 0 Å². The molecule has 3 aromatic rings. The predicted octanol–water partition coefficient (Wildman–Crippen LogP) is 3.33. The molecule has 0 saturated heterocycles. The van der Waals surface area contributed by atoms with Crippen molar-refractivity contribution in [3.8, 4) is 5.69 Å². The van der Waals surface area contributed by atoms with E-state index in [0.717, 1.165) is 0 Å². The maximum Gasteiger partial charge on any atom is 0.251 e. The van der Waals surface area contributed by atoms with Gasteiger partial charge in [0.1, 0.15) is 18.3 Å². The third-order valence-corrected chi connectivity index (χ3v) is 4.21. The molecular weight excluding hydrogens is 389 g/mol. The molecule has 2 aromatic carbocycles. The summed E-state index contributed by atoms with van der Waals surface area (Å²) in [5.74, 6) is -0.541. The van der Waals surface area contributed by atoms with Crippen molar-refractivity contribution in [1.82, 2.24) is 20.1 Å². The van der Waals surface area contributed by atoms with E-state index in [2.05, 4.69) is 20.7 Å². The second-order valence-electron chi connectivity index (χ2n) is 5.54. The van der Waals surface area contributed by atoms with Gasteiger partial charge in [-0.2, -0.15) is 5.10 Å². The van der Waals surface area contributed by atoms with Crippen LogP contribution in [-0.2, 0) is 4.79 Å². The Kier molecular flexibility index (Phi) is 6.05. The largest absolute Gasteiger partial charge is 0.352 e. The van der Waals surface area contributed by atoms with Crippen LogP contribution in [0.4, 0.5) is 5.69 Å². The number of amides is 2. The summed E-state index contributed by atoms with van der Waals surface area (Å²) in [5.41, 5.74) is 1.50. The summed E-state index contributed by atoms with van der Waals surface area (Å²) >= 11 is 12.0. The fraction of sp³-hybridized carbons (Fsp3) is 0.111. The first-order valence-corrected chi connectivity index (χ1v) is 8.77. The molecule has 2 N–H and O–H groups in total. The molecule has 0 saturated carbocycles. The van der Waals surface area contributed by atoms with E-state index in [1.807, 2.05) is 0 Å². The maximum absolute atomic E-state index is 12.2. The number of aromatic nitrogens is 3. The highest BCUT2D eigenvalue weighted by Crippen LogP contribution is 2.27. The quantitative estimate of drug-likeness (QED) is 0.660. The average Bonchev–Trinajstić information content (AvgIpc) is 3.16. The Morgan fingerprint density at radius 3 is 2.56 bits per heavy atom. The highest BCUT2D eigenvalue weighted by atomic mass is 35.5. The van der Waals surface area contributed by atoms with Crippen molar-refractivity contribution in [2.24, 2.45) is 0 Å². The van der Waals surface area contributed by atoms with E-state index >= 15 is 0 Å². The Balaban J connectivity index is 1.58. The monoisotopic (exact) mass is 403 g/mol. The molecule has 2 amide bonds. The molecule has 0 spiro atoms. The molecule has 9 heteroatoms. The normalized spacial score (nSPS) is 10.4. The molecule has 1 heterocycles. The second-order valence-corrected chi connectivity index (χ2v) is 6.38. The van der Waals surface area contributed by atoms with E-state index in [1.165, 1.54) is 17.3 Å². The molecule has 0 atom stereocenters. The van der Waals surface area contributed by atoms with E-state index in [-0.39, 0.29) is 24.8 Å². The first-order chi connectivity index (χ1) is 13.0. The number of hydrogen-bond acceptors (Lipinski definition) is 4. The molecule has 3 rings (SSSR count). The minimum Gasteiger partial charge on any atom is -0.352 e. The molecule has 0 aliphatic carbocycles. The number of nitrogens with one attached hydrogen (secondary N) is 2. The fourth-order valence-electron chi connectivity index (χ4n) is 2.38. The van der Waals surface area contributed by atoms with Gasteiger partial charge in [-0.05, 0) is 36.4 Å². The Morgan fingerprint density at radius 2 is 1.85 bits per heavy atom. The van der Waals surface area contributed by atoms with E-state index in [9.17, 15) is 9.59 Å². The van der Waals surface area contributed by atoms with Gasteiger partial charge in [0.25, 0.3) is 5.91 Å². The van der Waals surface area contributed by atoms with E-state index in [0.29, 0.717) is 27.0 Å². The van der Waals surface area contributed by atoms with Gasteiger partial charge in [-0.25, -0.2) is 9.67 Å². The van der Waals surface area contributed by atoms with Gasteiger partial charge in [-0.15, -0.1) is 0 Å². The second kappa shape index (κ2) is 8.66. The van der Waals surface area contributed by atoms with E-state index < -0.39 is 0 Å².